The van der Waals surface area contributed by atoms with Gasteiger partial charge in [-0.3, -0.25) is 0 Å². The summed E-state index contributed by atoms with van der Waals surface area (Å²) in [5.74, 6) is -0.252. The van der Waals surface area contributed by atoms with Crippen molar-refractivity contribution < 1.29 is 9.18 Å². The zero-order valence-electron chi connectivity index (χ0n) is 8.77. The molecule has 0 N–H and O–H groups in total. The first kappa shape index (κ1) is 9.96. The van der Waals surface area contributed by atoms with Crippen LogP contribution in [-0.4, -0.2) is 36.5 Å². The first-order valence-corrected chi connectivity index (χ1v) is 4.83. The molecule has 1 aromatic rings. The van der Waals surface area contributed by atoms with Crippen LogP contribution in [0.25, 0.3) is 0 Å². The Morgan fingerprint density at radius 1 is 1.33 bits per heavy atom. The van der Waals surface area contributed by atoms with E-state index in [0.29, 0.717) is 12.1 Å². The number of carbonyl (C=O) groups is 1. The maximum atomic E-state index is 13.5. The second-order valence-electron chi connectivity index (χ2n) is 3.81. The Bertz CT molecular complexity index is 394. The van der Waals surface area contributed by atoms with E-state index >= 15 is 0 Å². The standard InChI is InChI=1S/C11H13FN2O/c1-13-7-10(14(2)11(13)15)8-5-3-4-6-9(8)12/h3-6,10H,7H2,1-2H3. The summed E-state index contributed by atoms with van der Waals surface area (Å²) in [7, 11) is 3.42. The number of rotatable bonds is 1. The quantitative estimate of drug-likeness (QED) is 0.691. The van der Waals surface area contributed by atoms with Crippen LogP contribution in [0.1, 0.15) is 11.6 Å². The highest BCUT2D eigenvalue weighted by Crippen LogP contribution is 2.28. The number of carbonyl (C=O) groups excluding carboxylic acids is 1. The van der Waals surface area contributed by atoms with Crippen LogP contribution in [0.2, 0.25) is 0 Å². The van der Waals surface area contributed by atoms with Crippen molar-refractivity contribution in [2.45, 2.75) is 6.04 Å². The third kappa shape index (κ3) is 1.56. The van der Waals surface area contributed by atoms with Crippen LogP contribution in [-0.2, 0) is 0 Å². The predicted octanol–water partition coefficient (Wildman–Crippen LogP) is 1.86. The first-order chi connectivity index (χ1) is 7.11. The Kier molecular flexibility index (Phi) is 2.34. The summed E-state index contributed by atoms with van der Waals surface area (Å²) in [6.07, 6.45) is 0. The number of urea groups is 1. The van der Waals surface area contributed by atoms with Crippen LogP contribution >= 0.6 is 0 Å². The molecule has 0 bridgehead atoms. The van der Waals surface area contributed by atoms with Crippen molar-refractivity contribution in [3.63, 3.8) is 0 Å². The molecule has 4 heteroatoms. The average Bonchev–Trinajstić information content (AvgIpc) is 2.47. The van der Waals surface area contributed by atoms with Crippen molar-refractivity contribution in [3.8, 4) is 0 Å². The van der Waals surface area contributed by atoms with Crippen molar-refractivity contribution in [2.24, 2.45) is 0 Å². The Morgan fingerprint density at radius 2 is 2.00 bits per heavy atom. The smallest absolute Gasteiger partial charge is 0.320 e. The van der Waals surface area contributed by atoms with Crippen molar-refractivity contribution in [2.75, 3.05) is 20.6 Å². The highest BCUT2D eigenvalue weighted by molar-refractivity contribution is 5.76. The van der Waals surface area contributed by atoms with Gasteiger partial charge in [0.2, 0.25) is 0 Å². The molecule has 80 valence electrons. The minimum Gasteiger partial charge on any atom is -0.325 e. The van der Waals surface area contributed by atoms with E-state index in [1.54, 1.807) is 42.1 Å². The minimum atomic E-state index is -0.252. The minimum absolute atomic E-state index is 0.0664. The van der Waals surface area contributed by atoms with E-state index < -0.39 is 0 Å². The molecule has 0 aromatic heterocycles. The van der Waals surface area contributed by atoms with E-state index in [4.69, 9.17) is 0 Å². The van der Waals surface area contributed by atoms with E-state index in [-0.39, 0.29) is 17.9 Å². The Hall–Kier alpha value is -1.58. The van der Waals surface area contributed by atoms with Crippen LogP contribution in [0.3, 0.4) is 0 Å². The molecule has 1 atom stereocenters. The number of hydrogen-bond acceptors (Lipinski definition) is 1. The fourth-order valence-corrected chi connectivity index (χ4v) is 1.91. The Balaban J connectivity index is 2.34. The molecule has 1 unspecified atom stereocenters. The molecule has 2 rings (SSSR count). The van der Waals surface area contributed by atoms with Gasteiger partial charge in [0.25, 0.3) is 0 Å². The molecule has 0 radical (unpaired) electrons. The molecule has 1 fully saturated rings. The normalized spacial score (nSPS) is 21.3. The summed E-state index contributed by atoms with van der Waals surface area (Å²) in [5.41, 5.74) is 0.581. The first-order valence-electron chi connectivity index (χ1n) is 4.83. The summed E-state index contributed by atoms with van der Waals surface area (Å²) in [6, 6.07) is 6.34. The summed E-state index contributed by atoms with van der Waals surface area (Å²) >= 11 is 0. The summed E-state index contributed by atoms with van der Waals surface area (Å²) in [6.45, 7) is 0.538. The lowest BCUT2D eigenvalue weighted by molar-refractivity contribution is 0.201. The summed E-state index contributed by atoms with van der Waals surface area (Å²) < 4.78 is 13.5. The van der Waals surface area contributed by atoms with Crippen LogP contribution < -0.4 is 0 Å². The molecule has 1 aliphatic rings. The number of halogens is 1. The maximum absolute atomic E-state index is 13.5. The molecule has 0 saturated carbocycles. The third-order valence-corrected chi connectivity index (χ3v) is 2.81. The molecule has 0 spiro atoms. The fourth-order valence-electron chi connectivity index (χ4n) is 1.91. The number of amides is 2. The molecule has 1 saturated heterocycles. The second kappa shape index (κ2) is 3.53. The molecule has 0 aliphatic carbocycles. The molecular weight excluding hydrogens is 195 g/mol. The largest absolute Gasteiger partial charge is 0.325 e. The molecule has 1 heterocycles. The zero-order chi connectivity index (χ0) is 11.0. The maximum Gasteiger partial charge on any atom is 0.320 e. The van der Waals surface area contributed by atoms with Crippen LogP contribution in [0.5, 0.6) is 0 Å². The van der Waals surface area contributed by atoms with Gasteiger partial charge in [0, 0.05) is 26.2 Å². The van der Waals surface area contributed by atoms with Gasteiger partial charge in [-0.15, -0.1) is 0 Å². The van der Waals surface area contributed by atoms with Crippen molar-refractivity contribution in [1.29, 1.82) is 0 Å². The van der Waals surface area contributed by atoms with Crippen LogP contribution in [0.4, 0.5) is 9.18 Å². The lowest BCUT2D eigenvalue weighted by atomic mass is 10.1. The summed E-state index contributed by atoms with van der Waals surface area (Å²) in [4.78, 5) is 14.7. The van der Waals surface area contributed by atoms with Crippen LogP contribution in [0, 0.1) is 5.82 Å². The van der Waals surface area contributed by atoms with Gasteiger partial charge in [-0.1, -0.05) is 18.2 Å². The predicted molar refractivity (Wildman–Crippen MR) is 54.9 cm³/mol. The van der Waals surface area contributed by atoms with Gasteiger partial charge in [0.05, 0.1) is 6.04 Å². The van der Waals surface area contributed by atoms with Gasteiger partial charge in [0.15, 0.2) is 0 Å². The number of hydrogen-bond donors (Lipinski definition) is 0. The van der Waals surface area contributed by atoms with Gasteiger partial charge >= 0.3 is 6.03 Å². The molecule has 15 heavy (non-hydrogen) atoms. The summed E-state index contributed by atoms with van der Waals surface area (Å²) in [5, 5.41) is 0. The van der Waals surface area contributed by atoms with Gasteiger partial charge in [-0.05, 0) is 6.07 Å². The van der Waals surface area contributed by atoms with Crippen molar-refractivity contribution in [1.82, 2.24) is 9.80 Å². The lowest BCUT2D eigenvalue weighted by Gasteiger charge is -2.18. The fraction of sp³-hybridized carbons (Fsp3) is 0.364. The van der Waals surface area contributed by atoms with E-state index in [1.165, 1.54) is 6.07 Å². The Morgan fingerprint density at radius 3 is 2.53 bits per heavy atom. The van der Waals surface area contributed by atoms with Crippen LogP contribution in [0.15, 0.2) is 24.3 Å². The highest BCUT2D eigenvalue weighted by Gasteiger charge is 2.34. The van der Waals surface area contributed by atoms with Gasteiger partial charge in [-0.25, -0.2) is 9.18 Å². The number of likely N-dealkylation sites (N-methyl/N-ethyl adjacent to an activating group) is 2. The molecule has 2 amide bonds. The van der Waals surface area contributed by atoms with Gasteiger partial charge < -0.3 is 9.80 Å². The van der Waals surface area contributed by atoms with Gasteiger partial charge in [0.1, 0.15) is 5.82 Å². The monoisotopic (exact) mass is 208 g/mol. The van der Waals surface area contributed by atoms with E-state index in [9.17, 15) is 9.18 Å². The SMILES string of the molecule is CN1CC(c2ccccc2F)N(C)C1=O. The lowest BCUT2D eigenvalue weighted by Crippen LogP contribution is -2.26. The highest BCUT2D eigenvalue weighted by atomic mass is 19.1. The second-order valence-corrected chi connectivity index (χ2v) is 3.81. The molecule has 1 aliphatic heterocycles. The van der Waals surface area contributed by atoms with Crippen molar-refractivity contribution in [3.05, 3.63) is 35.6 Å². The Labute approximate surface area is 88.1 Å². The molecular formula is C11H13FN2O. The van der Waals surface area contributed by atoms with E-state index in [2.05, 4.69) is 0 Å². The third-order valence-electron chi connectivity index (χ3n) is 2.81. The van der Waals surface area contributed by atoms with E-state index in [0.717, 1.165) is 0 Å². The molecule has 1 aromatic carbocycles. The van der Waals surface area contributed by atoms with E-state index in [1.807, 2.05) is 0 Å². The number of nitrogens with zero attached hydrogens (tertiary/aromatic N) is 2. The number of benzene rings is 1. The van der Waals surface area contributed by atoms with Crippen molar-refractivity contribution >= 4 is 6.03 Å². The molecule has 3 nitrogen and oxygen atoms in total. The average molecular weight is 208 g/mol. The topological polar surface area (TPSA) is 23.6 Å². The zero-order valence-corrected chi connectivity index (χ0v) is 8.77. The van der Waals surface area contributed by atoms with Gasteiger partial charge in [-0.2, -0.15) is 0 Å².